The molecule has 0 radical (unpaired) electrons. The molecule has 0 spiro atoms. The summed E-state index contributed by atoms with van der Waals surface area (Å²) < 4.78 is 17.0. The summed E-state index contributed by atoms with van der Waals surface area (Å²) in [6.07, 6.45) is 1.48. The van der Waals surface area contributed by atoms with Crippen LogP contribution in [0.5, 0.6) is 11.5 Å². The van der Waals surface area contributed by atoms with Gasteiger partial charge in [0.15, 0.2) is 28.8 Å². The number of nitrogen functional groups attached to an aromatic ring is 1. The van der Waals surface area contributed by atoms with Crippen LogP contribution in [0.15, 0.2) is 52.2 Å². The lowest BCUT2D eigenvalue weighted by molar-refractivity contribution is -0.121. The van der Waals surface area contributed by atoms with Crippen molar-refractivity contribution < 1.29 is 18.9 Å². The van der Waals surface area contributed by atoms with Crippen molar-refractivity contribution in [2.75, 3.05) is 20.0 Å². The van der Waals surface area contributed by atoms with Crippen molar-refractivity contribution in [1.29, 1.82) is 0 Å². The van der Waals surface area contributed by atoms with E-state index in [-0.39, 0.29) is 24.0 Å². The molecule has 11 heteroatoms. The van der Waals surface area contributed by atoms with Crippen LogP contribution in [0.1, 0.15) is 5.56 Å². The molecular formula is C20H19N7O4. The molecule has 0 bridgehead atoms. The maximum Gasteiger partial charge on any atom is 0.260 e. The second-order valence-electron chi connectivity index (χ2n) is 6.38. The predicted molar refractivity (Wildman–Crippen MR) is 113 cm³/mol. The minimum atomic E-state index is -0.377. The number of hydrogen-bond acceptors (Lipinski definition) is 9. The van der Waals surface area contributed by atoms with E-state index in [0.29, 0.717) is 28.4 Å². The zero-order chi connectivity index (χ0) is 21.8. The number of nitrogens with one attached hydrogen (secondary N) is 1. The molecular weight excluding hydrogens is 402 g/mol. The van der Waals surface area contributed by atoms with Crippen LogP contribution in [0.3, 0.4) is 0 Å². The van der Waals surface area contributed by atoms with Crippen LogP contribution in [0.2, 0.25) is 0 Å². The van der Waals surface area contributed by atoms with Crippen LogP contribution in [0, 0.1) is 0 Å². The molecule has 2 aromatic heterocycles. The molecule has 31 heavy (non-hydrogen) atoms. The van der Waals surface area contributed by atoms with Crippen molar-refractivity contribution >= 4 is 29.0 Å². The summed E-state index contributed by atoms with van der Waals surface area (Å²) in [6, 6.07) is 12.7. The number of ether oxygens (including phenoxy) is 2. The number of nitrogens with two attached hydrogens (primary N) is 1. The Hall–Kier alpha value is -4.41. The lowest BCUT2D eigenvalue weighted by atomic mass is 10.2. The average Bonchev–Trinajstić information content (AvgIpc) is 3.36. The van der Waals surface area contributed by atoms with Gasteiger partial charge < -0.3 is 19.8 Å². The van der Waals surface area contributed by atoms with Gasteiger partial charge in [-0.2, -0.15) is 5.10 Å². The summed E-state index contributed by atoms with van der Waals surface area (Å²) in [5.41, 5.74) is 10.6. The second kappa shape index (κ2) is 8.53. The number of anilines is 1. The first-order valence-corrected chi connectivity index (χ1v) is 9.19. The fraction of sp³-hybridized carbons (Fsp3) is 0.150. The summed E-state index contributed by atoms with van der Waals surface area (Å²) in [5, 5.41) is 11.4. The molecule has 0 aliphatic heterocycles. The molecule has 4 rings (SSSR count). The molecule has 4 aromatic rings. The van der Waals surface area contributed by atoms with Crippen molar-refractivity contribution in [3.8, 4) is 23.0 Å². The molecule has 0 saturated heterocycles. The highest BCUT2D eigenvalue weighted by Gasteiger charge is 2.20. The number of benzene rings is 2. The van der Waals surface area contributed by atoms with Crippen molar-refractivity contribution in [3.63, 3.8) is 0 Å². The Morgan fingerprint density at radius 3 is 2.77 bits per heavy atom. The van der Waals surface area contributed by atoms with Gasteiger partial charge in [0, 0.05) is 5.56 Å². The number of amides is 1. The SMILES string of the molecule is COc1cccc(/C=N/NC(=O)Cn2c(-c3nonc3N)nc3ccccc32)c1OC. The van der Waals surface area contributed by atoms with Crippen LogP contribution in [0.4, 0.5) is 5.82 Å². The molecule has 11 nitrogen and oxygen atoms in total. The van der Waals surface area contributed by atoms with Gasteiger partial charge in [-0.25, -0.2) is 15.0 Å². The zero-order valence-electron chi connectivity index (χ0n) is 16.8. The van der Waals surface area contributed by atoms with E-state index in [1.54, 1.807) is 29.9 Å². The summed E-state index contributed by atoms with van der Waals surface area (Å²) in [6.45, 7) is -0.0747. The van der Waals surface area contributed by atoms with Gasteiger partial charge in [0.05, 0.1) is 31.5 Å². The van der Waals surface area contributed by atoms with Gasteiger partial charge in [0.25, 0.3) is 5.91 Å². The standard InChI is InChI=1S/C20H19N7O4/c1-29-15-9-5-6-12(18(15)30-2)10-22-24-16(28)11-27-14-8-4-3-7-13(14)23-20(27)17-19(21)26-31-25-17/h3-10H,11H2,1-2H3,(H2,21,26)(H,24,28)/b22-10+. The normalized spacial score (nSPS) is 11.2. The lowest BCUT2D eigenvalue weighted by Gasteiger charge is -2.09. The van der Waals surface area contributed by atoms with Gasteiger partial charge in [-0.05, 0) is 34.6 Å². The third-order valence-electron chi connectivity index (χ3n) is 4.51. The quantitative estimate of drug-likeness (QED) is 0.340. The molecule has 0 aliphatic rings. The Morgan fingerprint density at radius 1 is 1.19 bits per heavy atom. The number of hydrogen-bond donors (Lipinski definition) is 2. The number of imidazole rings is 1. The molecule has 0 atom stereocenters. The topological polar surface area (TPSA) is 143 Å². The molecule has 158 valence electrons. The van der Waals surface area contributed by atoms with Gasteiger partial charge in [-0.3, -0.25) is 4.79 Å². The Morgan fingerprint density at radius 2 is 2.03 bits per heavy atom. The highest BCUT2D eigenvalue weighted by molar-refractivity contribution is 5.88. The lowest BCUT2D eigenvalue weighted by Crippen LogP contribution is -2.23. The van der Waals surface area contributed by atoms with Gasteiger partial charge in [0.2, 0.25) is 0 Å². The number of nitrogens with zero attached hydrogens (tertiary/aromatic N) is 5. The largest absolute Gasteiger partial charge is 0.493 e. The fourth-order valence-corrected chi connectivity index (χ4v) is 3.13. The number of methoxy groups -OCH3 is 2. The van der Waals surface area contributed by atoms with E-state index in [1.807, 2.05) is 24.3 Å². The van der Waals surface area contributed by atoms with E-state index in [2.05, 4.69) is 30.5 Å². The first kappa shape index (κ1) is 19.9. The highest BCUT2D eigenvalue weighted by Crippen LogP contribution is 2.29. The predicted octanol–water partition coefficient (Wildman–Crippen LogP) is 1.84. The molecule has 0 unspecified atom stereocenters. The number of carbonyl (C=O) groups is 1. The maximum absolute atomic E-state index is 12.6. The minimum Gasteiger partial charge on any atom is -0.493 e. The smallest absolute Gasteiger partial charge is 0.260 e. The molecule has 3 N–H and O–H groups in total. The second-order valence-corrected chi connectivity index (χ2v) is 6.38. The average molecular weight is 421 g/mol. The molecule has 0 aliphatic carbocycles. The fourth-order valence-electron chi connectivity index (χ4n) is 3.13. The number of aromatic nitrogens is 4. The minimum absolute atomic E-state index is 0.0747. The Labute approximate surface area is 176 Å². The van der Waals surface area contributed by atoms with Crippen LogP contribution < -0.4 is 20.6 Å². The third-order valence-corrected chi connectivity index (χ3v) is 4.51. The first-order chi connectivity index (χ1) is 15.1. The van der Waals surface area contributed by atoms with E-state index in [9.17, 15) is 4.79 Å². The van der Waals surface area contributed by atoms with E-state index in [1.165, 1.54) is 13.3 Å². The van der Waals surface area contributed by atoms with Crippen LogP contribution in [-0.4, -0.2) is 46.2 Å². The highest BCUT2D eigenvalue weighted by atomic mass is 16.6. The summed E-state index contributed by atoms with van der Waals surface area (Å²) >= 11 is 0. The molecule has 1 amide bonds. The van der Waals surface area contributed by atoms with Gasteiger partial charge in [-0.15, -0.1) is 0 Å². The van der Waals surface area contributed by atoms with Gasteiger partial charge in [0.1, 0.15) is 6.54 Å². The summed E-state index contributed by atoms with van der Waals surface area (Å²) in [4.78, 5) is 17.1. The van der Waals surface area contributed by atoms with Crippen LogP contribution >= 0.6 is 0 Å². The molecule has 2 heterocycles. The van der Waals surface area contributed by atoms with E-state index in [0.717, 1.165) is 5.52 Å². The van der Waals surface area contributed by atoms with Gasteiger partial charge in [-0.1, -0.05) is 18.2 Å². The number of rotatable bonds is 7. The van der Waals surface area contributed by atoms with E-state index in [4.69, 9.17) is 15.2 Å². The summed E-state index contributed by atoms with van der Waals surface area (Å²) in [7, 11) is 3.08. The molecule has 2 aromatic carbocycles. The summed E-state index contributed by atoms with van der Waals surface area (Å²) in [5.74, 6) is 1.15. The van der Waals surface area contributed by atoms with Crippen LogP contribution in [0.25, 0.3) is 22.6 Å². The number of hydrazone groups is 1. The Bertz CT molecular complexity index is 1260. The monoisotopic (exact) mass is 421 g/mol. The van der Waals surface area contributed by atoms with Gasteiger partial charge >= 0.3 is 0 Å². The van der Waals surface area contributed by atoms with Crippen LogP contribution in [-0.2, 0) is 11.3 Å². The number of carbonyl (C=O) groups excluding carboxylic acids is 1. The van der Waals surface area contributed by atoms with Crippen molar-refractivity contribution in [2.45, 2.75) is 6.54 Å². The molecule has 0 saturated carbocycles. The number of fused-ring (bicyclic) bond motifs is 1. The van der Waals surface area contributed by atoms with E-state index < -0.39 is 0 Å². The number of para-hydroxylation sites is 3. The van der Waals surface area contributed by atoms with Crippen molar-refractivity contribution in [2.24, 2.45) is 5.10 Å². The maximum atomic E-state index is 12.6. The van der Waals surface area contributed by atoms with Crippen molar-refractivity contribution in [3.05, 3.63) is 48.0 Å². The van der Waals surface area contributed by atoms with E-state index >= 15 is 0 Å². The zero-order valence-corrected chi connectivity index (χ0v) is 16.8. The first-order valence-electron chi connectivity index (χ1n) is 9.19. The third kappa shape index (κ3) is 3.88. The molecule has 0 fully saturated rings. The Kier molecular flexibility index (Phi) is 5.47. The van der Waals surface area contributed by atoms with Crippen molar-refractivity contribution in [1.82, 2.24) is 25.3 Å². The Balaban J connectivity index is 1.57.